The van der Waals surface area contributed by atoms with Gasteiger partial charge in [0.05, 0.1) is 6.33 Å². The maximum atomic E-state index is 12.9. The molecule has 1 aromatic heterocycles. The number of benzene rings is 1. The normalized spacial score (nSPS) is 19.5. The second-order valence-corrected chi connectivity index (χ2v) is 8.19. The molecule has 1 N–H and O–H groups in total. The Morgan fingerprint density at radius 3 is 2.67 bits per heavy atom. The first-order chi connectivity index (χ1) is 11.5. The molecular formula is C17H23N3O3S. The van der Waals surface area contributed by atoms with Gasteiger partial charge in [0.2, 0.25) is 0 Å². The zero-order valence-corrected chi connectivity index (χ0v) is 14.6. The lowest BCUT2D eigenvalue weighted by Crippen LogP contribution is -2.44. The van der Waals surface area contributed by atoms with Crippen LogP contribution in [0.5, 0.6) is 5.75 Å². The van der Waals surface area contributed by atoms with Crippen molar-refractivity contribution >= 4 is 10.0 Å². The van der Waals surface area contributed by atoms with E-state index < -0.39 is 10.0 Å². The number of rotatable bonds is 5. The predicted molar refractivity (Wildman–Crippen MR) is 91.2 cm³/mol. The Hall–Kier alpha value is -1.86. The lowest BCUT2D eigenvalue weighted by molar-refractivity contribution is 0.240. The zero-order chi connectivity index (χ0) is 17.2. The highest BCUT2D eigenvalue weighted by atomic mass is 32.2. The minimum absolute atomic E-state index is 0.000408. The van der Waals surface area contributed by atoms with Crippen LogP contribution in [0.4, 0.5) is 0 Å². The van der Waals surface area contributed by atoms with Crippen LogP contribution in [0.25, 0.3) is 0 Å². The highest BCUT2D eigenvalue weighted by Gasteiger charge is 2.34. The average molecular weight is 349 g/mol. The fraction of sp³-hybridized carbons (Fsp3) is 0.471. The third kappa shape index (κ3) is 3.62. The number of nitrogens with zero attached hydrogens (tertiary/aromatic N) is 3. The molecule has 1 aliphatic rings. The summed E-state index contributed by atoms with van der Waals surface area (Å²) in [5.41, 5.74) is 1.11. The van der Waals surface area contributed by atoms with Crippen LogP contribution < -0.4 is 0 Å². The fourth-order valence-corrected chi connectivity index (χ4v) is 4.91. The van der Waals surface area contributed by atoms with Crippen LogP contribution in [-0.4, -0.2) is 40.0 Å². The van der Waals surface area contributed by atoms with Crippen molar-refractivity contribution in [3.63, 3.8) is 0 Å². The molecule has 130 valence electrons. The second kappa shape index (κ2) is 6.94. The first-order valence-corrected chi connectivity index (χ1v) is 9.68. The van der Waals surface area contributed by atoms with E-state index in [1.807, 2.05) is 12.1 Å². The molecule has 1 aromatic carbocycles. The van der Waals surface area contributed by atoms with Gasteiger partial charge in [-0.25, -0.2) is 13.4 Å². The van der Waals surface area contributed by atoms with E-state index in [-0.39, 0.29) is 16.8 Å². The maximum absolute atomic E-state index is 12.9. The lowest BCUT2D eigenvalue weighted by Gasteiger charge is -2.34. The van der Waals surface area contributed by atoms with Gasteiger partial charge in [-0.1, -0.05) is 18.6 Å². The van der Waals surface area contributed by atoms with Crippen LogP contribution in [0.15, 0.2) is 41.8 Å². The van der Waals surface area contributed by atoms with Crippen LogP contribution >= 0.6 is 0 Å². The number of imidazole rings is 1. The standard InChI is InChI=1S/C17H23N3O3S/c1-19-12-17(18-13-19)24(22,23)20-11-3-2-4-15(20)8-5-14-6-9-16(21)10-7-14/h6-7,9-10,12-13,15,21H,2-5,8,11H2,1H3/t15-/m0/s1. The summed E-state index contributed by atoms with van der Waals surface area (Å²) < 4.78 is 29.0. The van der Waals surface area contributed by atoms with E-state index in [1.54, 1.807) is 34.2 Å². The van der Waals surface area contributed by atoms with E-state index in [4.69, 9.17) is 0 Å². The number of hydrogen-bond acceptors (Lipinski definition) is 4. The molecule has 3 rings (SSSR count). The largest absolute Gasteiger partial charge is 0.508 e. The summed E-state index contributed by atoms with van der Waals surface area (Å²) in [5, 5.41) is 9.48. The Kier molecular flexibility index (Phi) is 4.91. The highest BCUT2D eigenvalue weighted by molar-refractivity contribution is 7.89. The summed E-state index contributed by atoms with van der Waals surface area (Å²) in [7, 11) is -1.77. The molecule has 0 saturated carbocycles. The number of phenolic OH excluding ortho intramolecular Hbond substituents is 1. The Bertz CT molecular complexity index is 784. The van der Waals surface area contributed by atoms with Crippen LogP contribution in [0.3, 0.4) is 0 Å². The van der Waals surface area contributed by atoms with Crippen molar-refractivity contribution in [1.82, 2.24) is 13.9 Å². The van der Waals surface area contributed by atoms with Crippen molar-refractivity contribution in [3.05, 3.63) is 42.4 Å². The molecule has 0 unspecified atom stereocenters. The van der Waals surface area contributed by atoms with E-state index in [9.17, 15) is 13.5 Å². The quantitative estimate of drug-likeness (QED) is 0.899. The van der Waals surface area contributed by atoms with Crippen molar-refractivity contribution in [1.29, 1.82) is 0 Å². The molecule has 0 spiro atoms. The zero-order valence-electron chi connectivity index (χ0n) is 13.8. The molecule has 7 heteroatoms. The molecule has 6 nitrogen and oxygen atoms in total. The molecular weight excluding hydrogens is 326 g/mol. The third-order valence-electron chi connectivity index (χ3n) is 4.53. The van der Waals surface area contributed by atoms with Crippen molar-refractivity contribution < 1.29 is 13.5 Å². The van der Waals surface area contributed by atoms with E-state index in [2.05, 4.69) is 4.98 Å². The fourth-order valence-electron chi connectivity index (χ4n) is 3.22. The molecule has 2 aromatic rings. The second-order valence-electron chi connectivity index (χ2n) is 6.35. The van der Waals surface area contributed by atoms with Gasteiger partial charge < -0.3 is 9.67 Å². The monoisotopic (exact) mass is 349 g/mol. The van der Waals surface area contributed by atoms with Gasteiger partial charge in [-0.05, 0) is 43.4 Å². The predicted octanol–water partition coefficient (Wildman–Crippen LogP) is 2.30. The molecule has 1 aliphatic heterocycles. The Morgan fingerprint density at radius 1 is 1.25 bits per heavy atom. The van der Waals surface area contributed by atoms with Gasteiger partial charge in [0, 0.05) is 25.8 Å². The molecule has 2 heterocycles. The van der Waals surface area contributed by atoms with Crippen LogP contribution in [0.1, 0.15) is 31.2 Å². The Morgan fingerprint density at radius 2 is 2.00 bits per heavy atom. The van der Waals surface area contributed by atoms with Gasteiger partial charge in [-0.15, -0.1) is 0 Å². The number of hydrogen-bond donors (Lipinski definition) is 1. The van der Waals surface area contributed by atoms with Gasteiger partial charge in [0.15, 0.2) is 5.03 Å². The van der Waals surface area contributed by atoms with Crippen molar-refractivity contribution in [2.45, 2.75) is 43.2 Å². The Balaban J connectivity index is 1.74. The van der Waals surface area contributed by atoms with Crippen molar-refractivity contribution in [2.75, 3.05) is 6.54 Å². The smallest absolute Gasteiger partial charge is 0.262 e. The summed E-state index contributed by atoms with van der Waals surface area (Å²) in [6.45, 7) is 0.555. The summed E-state index contributed by atoms with van der Waals surface area (Å²) in [4.78, 5) is 4.03. The minimum atomic E-state index is -3.54. The van der Waals surface area contributed by atoms with Gasteiger partial charge in [0.25, 0.3) is 10.0 Å². The molecule has 0 bridgehead atoms. The molecule has 1 fully saturated rings. The molecule has 1 saturated heterocycles. The van der Waals surface area contributed by atoms with E-state index in [0.717, 1.165) is 37.7 Å². The van der Waals surface area contributed by atoms with Gasteiger partial charge in [-0.3, -0.25) is 0 Å². The van der Waals surface area contributed by atoms with Crippen molar-refractivity contribution in [3.8, 4) is 5.75 Å². The number of aromatic nitrogens is 2. The minimum Gasteiger partial charge on any atom is -0.508 e. The number of sulfonamides is 1. The summed E-state index contributed by atoms with van der Waals surface area (Å²) in [5.74, 6) is 0.246. The van der Waals surface area contributed by atoms with E-state index in [0.29, 0.717) is 6.54 Å². The number of piperidine rings is 1. The Labute approximate surface area is 142 Å². The summed E-state index contributed by atoms with van der Waals surface area (Å²) >= 11 is 0. The first kappa shape index (κ1) is 17.0. The molecule has 24 heavy (non-hydrogen) atoms. The average Bonchev–Trinajstić information content (AvgIpc) is 3.02. The molecule has 1 atom stereocenters. The van der Waals surface area contributed by atoms with Crippen LogP contribution in [0.2, 0.25) is 0 Å². The van der Waals surface area contributed by atoms with Gasteiger partial charge >= 0.3 is 0 Å². The first-order valence-electron chi connectivity index (χ1n) is 8.24. The van der Waals surface area contributed by atoms with Crippen LogP contribution in [-0.2, 0) is 23.5 Å². The topological polar surface area (TPSA) is 75.4 Å². The van der Waals surface area contributed by atoms with E-state index in [1.165, 1.54) is 6.33 Å². The summed E-state index contributed by atoms with van der Waals surface area (Å²) in [6, 6.07) is 7.10. The molecule has 0 amide bonds. The SMILES string of the molecule is Cn1cnc(S(=O)(=O)N2CCCC[C@H]2CCc2ccc(O)cc2)c1. The number of aryl methyl sites for hydroxylation is 2. The van der Waals surface area contributed by atoms with Crippen LogP contribution in [0, 0.1) is 0 Å². The van der Waals surface area contributed by atoms with Crippen molar-refractivity contribution in [2.24, 2.45) is 7.05 Å². The maximum Gasteiger partial charge on any atom is 0.262 e. The van der Waals surface area contributed by atoms with E-state index >= 15 is 0 Å². The highest BCUT2D eigenvalue weighted by Crippen LogP contribution is 2.27. The molecule has 0 radical (unpaired) electrons. The number of aromatic hydroxyl groups is 1. The van der Waals surface area contributed by atoms with Gasteiger partial charge in [-0.2, -0.15) is 4.31 Å². The molecule has 0 aliphatic carbocycles. The third-order valence-corrected chi connectivity index (χ3v) is 6.37. The van der Waals surface area contributed by atoms with Gasteiger partial charge in [0.1, 0.15) is 5.75 Å². The summed E-state index contributed by atoms with van der Waals surface area (Å²) in [6.07, 6.45) is 7.46. The number of phenols is 1. The lowest BCUT2D eigenvalue weighted by atomic mass is 9.98.